The molecule has 0 heterocycles. The van der Waals surface area contributed by atoms with Crippen molar-refractivity contribution >= 4 is 0 Å². The van der Waals surface area contributed by atoms with Crippen molar-refractivity contribution in [3.8, 4) is 22.3 Å². The molecule has 3 aromatic rings. The SMILES string of the molecule is c1cccc(-c2ccc(-c3c#cccc3)cc2)c#1. The molecule has 0 aliphatic rings. The van der Waals surface area contributed by atoms with Crippen LogP contribution >= 0.6 is 0 Å². The molecule has 0 nitrogen and oxygen atoms in total. The van der Waals surface area contributed by atoms with Crippen molar-refractivity contribution in [1.82, 2.24) is 0 Å². The smallest absolute Gasteiger partial charge is 0.0321 e. The fourth-order valence-electron chi connectivity index (χ4n) is 1.87. The van der Waals surface area contributed by atoms with Gasteiger partial charge in [0, 0.05) is 11.1 Å². The summed E-state index contributed by atoms with van der Waals surface area (Å²) in [6.07, 6.45) is 0. The van der Waals surface area contributed by atoms with E-state index < -0.39 is 0 Å². The highest BCUT2D eigenvalue weighted by atomic mass is 14.0. The Morgan fingerprint density at radius 2 is 1.00 bits per heavy atom. The van der Waals surface area contributed by atoms with Gasteiger partial charge in [0.1, 0.15) is 0 Å². The lowest BCUT2D eigenvalue weighted by atomic mass is 10.0. The quantitative estimate of drug-likeness (QED) is 0.613. The third kappa shape index (κ3) is 2.05. The normalized spacial score (nSPS) is 9.33. The standard InChI is InChI=1S/C18H10/c1-3-7-15(8-4-1)17-11-13-18(14-12-17)16-9-5-2-6-10-16/h1-3,5,7,9,11-14H. The second kappa shape index (κ2) is 4.66. The van der Waals surface area contributed by atoms with E-state index >= 15 is 0 Å². The number of rotatable bonds is 2. The van der Waals surface area contributed by atoms with Gasteiger partial charge in [-0.05, 0) is 35.4 Å². The molecule has 3 rings (SSSR count). The van der Waals surface area contributed by atoms with Crippen LogP contribution in [0.15, 0.2) is 60.7 Å². The second-order valence-electron chi connectivity index (χ2n) is 3.99. The Kier molecular flexibility index (Phi) is 2.71. The van der Waals surface area contributed by atoms with Crippen LogP contribution < -0.4 is 0 Å². The number of hydrogen-bond donors (Lipinski definition) is 0. The van der Waals surface area contributed by atoms with Crippen LogP contribution in [0.4, 0.5) is 0 Å². The van der Waals surface area contributed by atoms with Gasteiger partial charge in [0.25, 0.3) is 0 Å². The van der Waals surface area contributed by atoms with Crippen molar-refractivity contribution in [2.45, 2.75) is 0 Å². The highest BCUT2D eigenvalue weighted by molar-refractivity contribution is 5.68. The Labute approximate surface area is 108 Å². The van der Waals surface area contributed by atoms with E-state index in [2.05, 4.69) is 48.5 Å². The fourth-order valence-corrected chi connectivity index (χ4v) is 1.87. The molecule has 0 aliphatic heterocycles. The minimum atomic E-state index is 1.06. The minimum absolute atomic E-state index is 1.06. The third-order valence-electron chi connectivity index (χ3n) is 2.81. The number of hydrogen-bond acceptors (Lipinski definition) is 0. The van der Waals surface area contributed by atoms with Crippen LogP contribution in [0.1, 0.15) is 0 Å². The van der Waals surface area contributed by atoms with Gasteiger partial charge in [0.2, 0.25) is 0 Å². The summed E-state index contributed by atoms with van der Waals surface area (Å²) in [5.74, 6) is 0. The number of benzene rings is 1. The Balaban J connectivity index is 1.95. The zero-order chi connectivity index (χ0) is 12.2. The summed E-state index contributed by atoms with van der Waals surface area (Å²) in [5, 5.41) is 0. The first-order chi connectivity index (χ1) is 8.93. The van der Waals surface area contributed by atoms with E-state index in [1.807, 2.05) is 36.4 Å². The van der Waals surface area contributed by atoms with E-state index in [9.17, 15) is 0 Å². The summed E-state index contributed by atoms with van der Waals surface area (Å²) in [6.45, 7) is 0. The molecule has 0 saturated carbocycles. The lowest BCUT2D eigenvalue weighted by molar-refractivity contribution is 1.60. The van der Waals surface area contributed by atoms with Gasteiger partial charge < -0.3 is 0 Å². The summed E-state index contributed by atoms with van der Waals surface area (Å²) in [5.41, 5.74) is 4.42. The van der Waals surface area contributed by atoms with Gasteiger partial charge in [0.05, 0.1) is 0 Å². The van der Waals surface area contributed by atoms with E-state index in [0.29, 0.717) is 0 Å². The molecule has 18 heavy (non-hydrogen) atoms. The van der Waals surface area contributed by atoms with E-state index in [0.717, 1.165) is 22.3 Å². The molecule has 3 aromatic carbocycles. The van der Waals surface area contributed by atoms with Gasteiger partial charge in [-0.2, -0.15) is 0 Å². The fraction of sp³-hybridized carbons (Fsp3) is 0. The van der Waals surface area contributed by atoms with Crippen LogP contribution in [0.5, 0.6) is 0 Å². The van der Waals surface area contributed by atoms with Gasteiger partial charge in [0.15, 0.2) is 0 Å². The predicted octanol–water partition coefficient (Wildman–Crippen LogP) is 4.22. The van der Waals surface area contributed by atoms with Gasteiger partial charge in [-0.15, -0.1) is 0 Å². The Morgan fingerprint density at radius 3 is 1.33 bits per heavy atom. The van der Waals surface area contributed by atoms with Crippen LogP contribution in [-0.2, 0) is 0 Å². The lowest BCUT2D eigenvalue weighted by Gasteiger charge is -2.01. The first-order valence-corrected chi connectivity index (χ1v) is 5.81. The molecule has 0 fully saturated rings. The molecule has 0 unspecified atom stereocenters. The van der Waals surface area contributed by atoms with Crippen LogP contribution in [0, 0.1) is 24.3 Å². The van der Waals surface area contributed by atoms with Gasteiger partial charge >= 0.3 is 0 Å². The Morgan fingerprint density at radius 1 is 0.556 bits per heavy atom. The summed E-state index contributed by atoms with van der Waals surface area (Å²) in [7, 11) is 0. The maximum Gasteiger partial charge on any atom is 0.0321 e. The minimum Gasteiger partial charge on any atom is -0.0696 e. The molecule has 0 bridgehead atoms. The predicted molar refractivity (Wildman–Crippen MR) is 72.7 cm³/mol. The summed E-state index contributed by atoms with van der Waals surface area (Å²) in [6, 6.07) is 32.2. The topological polar surface area (TPSA) is 0 Å². The molecule has 0 saturated heterocycles. The highest BCUT2D eigenvalue weighted by Crippen LogP contribution is 2.22. The molecule has 0 heteroatoms. The van der Waals surface area contributed by atoms with Gasteiger partial charge in [-0.1, -0.05) is 60.7 Å². The van der Waals surface area contributed by atoms with Crippen LogP contribution in [0.3, 0.4) is 0 Å². The summed E-state index contributed by atoms with van der Waals surface area (Å²) >= 11 is 0. The van der Waals surface area contributed by atoms with E-state index in [1.54, 1.807) is 0 Å². The molecule has 0 radical (unpaired) electrons. The first kappa shape index (κ1) is 10.5. The average Bonchev–Trinajstić information content (AvgIpc) is 2.49. The van der Waals surface area contributed by atoms with Crippen molar-refractivity contribution in [2.75, 3.05) is 0 Å². The molecule has 0 atom stereocenters. The average molecular weight is 226 g/mol. The Hall–Kier alpha value is -2.70. The van der Waals surface area contributed by atoms with Crippen LogP contribution in [0.2, 0.25) is 0 Å². The van der Waals surface area contributed by atoms with Crippen molar-refractivity contribution in [3.63, 3.8) is 0 Å². The summed E-state index contributed by atoms with van der Waals surface area (Å²) < 4.78 is 0. The maximum atomic E-state index is 3.10. The largest absolute Gasteiger partial charge is 0.0696 e. The first-order valence-electron chi connectivity index (χ1n) is 5.81. The molecule has 0 spiro atoms. The zero-order valence-electron chi connectivity index (χ0n) is 9.77. The Bertz CT molecular complexity index is 549. The van der Waals surface area contributed by atoms with E-state index in [-0.39, 0.29) is 0 Å². The molecule has 0 amide bonds. The van der Waals surface area contributed by atoms with Gasteiger partial charge in [-0.25, -0.2) is 0 Å². The zero-order valence-corrected chi connectivity index (χ0v) is 9.77. The molecular formula is C18H10. The van der Waals surface area contributed by atoms with E-state index in [4.69, 9.17) is 0 Å². The monoisotopic (exact) mass is 226 g/mol. The molecular weight excluding hydrogens is 216 g/mol. The van der Waals surface area contributed by atoms with Crippen molar-refractivity contribution in [2.24, 2.45) is 0 Å². The van der Waals surface area contributed by atoms with Crippen LogP contribution in [-0.4, -0.2) is 0 Å². The molecule has 0 aliphatic carbocycles. The lowest BCUT2D eigenvalue weighted by Crippen LogP contribution is -1.78. The second-order valence-corrected chi connectivity index (χ2v) is 3.99. The van der Waals surface area contributed by atoms with Gasteiger partial charge in [-0.3, -0.25) is 0 Å². The molecule has 0 N–H and O–H groups in total. The highest BCUT2D eigenvalue weighted by Gasteiger charge is 1.98. The van der Waals surface area contributed by atoms with E-state index in [1.165, 1.54) is 0 Å². The third-order valence-corrected chi connectivity index (χ3v) is 2.81. The van der Waals surface area contributed by atoms with Crippen LogP contribution in [0.25, 0.3) is 22.3 Å². The van der Waals surface area contributed by atoms with Crippen molar-refractivity contribution in [3.05, 3.63) is 84.9 Å². The summed E-state index contributed by atoms with van der Waals surface area (Å²) in [4.78, 5) is 0. The van der Waals surface area contributed by atoms with Crippen molar-refractivity contribution < 1.29 is 0 Å². The van der Waals surface area contributed by atoms with Crippen molar-refractivity contribution in [1.29, 1.82) is 0 Å². The maximum absolute atomic E-state index is 3.10. The molecule has 0 aromatic heterocycles. The molecule has 82 valence electrons.